The van der Waals surface area contributed by atoms with Gasteiger partial charge >= 0.3 is 5.97 Å². The number of aromatic nitrogens is 1. The third-order valence-electron chi connectivity index (χ3n) is 4.53. The van der Waals surface area contributed by atoms with Crippen molar-refractivity contribution >= 4 is 67.2 Å². The molecular weight excluding hydrogens is 470 g/mol. The molecule has 0 fully saturated rings. The van der Waals surface area contributed by atoms with Gasteiger partial charge in [0.05, 0.1) is 32.3 Å². The highest BCUT2D eigenvalue weighted by molar-refractivity contribution is 9.10. The molecule has 29 heavy (non-hydrogen) atoms. The lowest BCUT2D eigenvalue weighted by Gasteiger charge is -2.04. The number of hydrogen-bond acceptors (Lipinski definition) is 5. The number of thioether (sulfide) groups is 1. The average Bonchev–Trinajstić information content (AvgIpc) is 3.24. The van der Waals surface area contributed by atoms with Gasteiger partial charge in [0.15, 0.2) is 0 Å². The van der Waals surface area contributed by atoms with Crippen molar-refractivity contribution in [3.05, 3.63) is 69.1 Å². The largest absolute Gasteiger partial charge is 0.462 e. The fraction of sp³-hybridized carbons (Fsp3) is 0.182. The van der Waals surface area contributed by atoms with Crippen molar-refractivity contribution in [2.45, 2.75) is 18.1 Å². The van der Waals surface area contributed by atoms with Gasteiger partial charge in [0.25, 0.3) is 0 Å². The number of benzene rings is 1. The lowest BCUT2D eigenvalue weighted by atomic mass is 10.1. The predicted molar refractivity (Wildman–Crippen MR) is 123 cm³/mol. The molecule has 4 rings (SSSR count). The van der Waals surface area contributed by atoms with E-state index in [2.05, 4.69) is 22.9 Å². The molecule has 4 aromatic rings. The van der Waals surface area contributed by atoms with Crippen LogP contribution in [0, 0.1) is 0 Å². The van der Waals surface area contributed by atoms with Gasteiger partial charge in [-0.15, -0.1) is 23.1 Å². The van der Waals surface area contributed by atoms with E-state index in [4.69, 9.17) is 4.74 Å². The zero-order valence-electron chi connectivity index (χ0n) is 15.9. The van der Waals surface area contributed by atoms with Gasteiger partial charge in [0, 0.05) is 21.6 Å². The van der Waals surface area contributed by atoms with Crippen LogP contribution in [-0.4, -0.2) is 28.5 Å². The van der Waals surface area contributed by atoms with Crippen LogP contribution < -0.4 is 0 Å². The fourth-order valence-corrected chi connectivity index (χ4v) is 6.05. The Bertz CT molecular complexity index is 1220. The smallest absolute Gasteiger partial charge is 0.341 e. The molecule has 0 bridgehead atoms. The van der Waals surface area contributed by atoms with E-state index in [1.54, 1.807) is 30.8 Å². The molecule has 0 spiro atoms. The monoisotopic (exact) mass is 487 g/mol. The lowest BCUT2D eigenvalue weighted by molar-refractivity contribution is 0.0531. The molecular formula is C22H18BrNO3S2. The summed E-state index contributed by atoms with van der Waals surface area (Å²) in [5.74, 6) is 0.384. The zero-order chi connectivity index (χ0) is 20.5. The van der Waals surface area contributed by atoms with E-state index in [-0.39, 0.29) is 12.4 Å². The molecule has 148 valence electrons. The molecule has 3 aromatic heterocycles. The maximum Gasteiger partial charge on any atom is 0.341 e. The molecule has 0 aliphatic heterocycles. The number of ether oxygens (including phenoxy) is 1. The molecule has 0 atom stereocenters. The van der Waals surface area contributed by atoms with E-state index in [1.807, 2.05) is 40.9 Å². The van der Waals surface area contributed by atoms with E-state index in [1.165, 1.54) is 11.3 Å². The van der Waals surface area contributed by atoms with Crippen LogP contribution in [0.15, 0.2) is 57.3 Å². The number of carbonyl (C=O) groups excluding carboxylic acids is 2. The second-order valence-electron chi connectivity index (χ2n) is 6.26. The van der Waals surface area contributed by atoms with E-state index in [0.717, 1.165) is 25.5 Å². The first kappa shape index (κ1) is 20.2. The average molecular weight is 488 g/mol. The molecule has 4 nitrogen and oxygen atoms in total. The van der Waals surface area contributed by atoms with Crippen molar-refractivity contribution in [3.63, 3.8) is 0 Å². The summed E-state index contributed by atoms with van der Waals surface area (Å²) in [6.45, 7) is 4.14. The second kappa shape index (κ2) is 8.34. The summed E-state index contributed by atoms with van der Waals surface area (Å²) in [6.07, 6.45) is 1.93. The first-order chi connectivity index (χ1) is 14.1. The van der Waals surface area contributed by atoms with Crippen molar-refractivity contribution in [1.29, 1.82) is 0 Å². The van der Waals surface area contributed by atoms with Gasteiger partial charge < -0.3 is 9.14 Å². The maximum absolute atomic E-state index is 13.4. The Kier molecular flexibility index (Phi) is 5.81. The maximum atomic E-state index is 13.4. The van der Waals surface area contributed by atoms with Crippen molar-refractivity contribution < 1.29 is 14.3 Å². The normalized spacial score (nSPS) is 11.3. The predicted octanol–water partition coefficient (Wildman–Crippen LogP) is 6.44. The number of halogens is 1. The number of hydrogen-bond donors (Lipinski definition) is 0. The van der Waals surface area contributed by atoms with Gasteiger partial charge in [-0.2, -0.15) is 0 Å². The Labute approximate surface area is 185 Å². The number of nitrogens with zero attached hydrogens (tertiary/aromatic N) is 1. The standard InChI is InChI=1S/C22H18BrNO3S2/c1-3-27-21(26)16-15-7-5-6-12-24(15)18-17(16)20(29-22(18)28-4-2)19(25)13-8-10-14(23)11-9-13/h5-12H,3-4H2,1-2H3. The summed E-state index contributed by atoms with van der Waals surface area (Å²) in [6, 6.07) is 13.0. The zero-order valence-corrected chi connectivity index (χ0v) is 19.1. The van der Waals surface area contributed by atoms with Gasteiger partial charge in [-0.25, -0.2) is 4.79 Å². The fourth-order valence-electron chi connectivity index (χ4n) is 3.35. The van der Waals surface area contributed by atoms with Crippen LogP contribution in [0.2, 0.25) is 0 Å². The molecule has 0 saturated carbocycles. The molecule has 0 saturated heterocycles. The van der Waals surface area contributed by atoms with Crippen molar-refractivity contribution in [1.82, 2.24) is 4.40 Å². The van der Waals surface area contributed by atoms with E-state index < -0.39 is 5.97 Å². The minimum atomic E-state index is -0.401. The molecule has 1 aromatic carbocycles. The van der Waals surface area contributed by atoms with Crippen LogP contribution >= 0.6 is 39.0 Å². The van der Waals surface area contributed by atoms with E-state index >= 15 is 0 Å². The Hall–Kier alpha value is -2.09. The molecule has 0 unspecified atom stereocenters. The van der Waals surface area contributed by atoms with Crippen molar-refractivity contribution in [2.24, 2.45) is 0 Å². The first-order valence-electron chi connectivity index (χ1n) is 9.22. The van der Waals surface area contributed by atoms with Crippen LogP contribution in [0.25, 0.3) is 16.4 Å². The molecule has 0 aliphatic rings. The molecule has 3 heterocycles. The number of ketones is 1. The highest BCUT2D eigenvalue weighted by Gasteiger charge is 2.29. The van der Waals surface area contributed by atoms with Crippen LogP contribution in [0.5, 0.6) is 0 Å². The Morgan fingerprint density at radius 1 is 1.14 bits per heavy atom. The summed E-state index contributed by atoms with van der Waals surface area (Å²) < 4.78 is 9.29. The molecule has 0 amide bonds. The SMILES string of the molecule is CCOC(=O)c1c2c(C(=O)c3ccc(Br)cc3)sc(SCC)c2n2ccccc12. The van der Waals surface area contributed by atoms with Crippen LogP contribution in [0.3, 0.4) is 0 Å². The number of fused-ring (bicyclic) bond motifs is 3. The van der Waals surface area contributed by atoms with Gasteiger partial charge in [0.1, 0.15) is 0 Å². The highest BCUT2D eigenvalue weighted by atomic mass is 79.9. The van der Waals surface area contributed by atoms with Gasteiger partial charge in [-0.1, -0.05) is 28.9 Å². The summed E-state index contributed by atoms with van der Waals surface area (Å²) in [4.78, 5) is 26.9. The molecule has 0 aliphatic carbocycles. The highest BCUT2D eigenvalue weighted by Crippen LogP contribution is 2.43. The van der Waals surface area contributed by atoms with Crippen LogP contribution in [0.4, 0.5) is 0 Å². The minimum Gasteiger partial charge on any atom is -0.462 e. The van der Waals surface area contributed by atoms with Gasteiger partial charge in [0.2, 0.25) is 5.78 Å². The lowest BCUT2D eigenvalue weighted by Crippen LogP contribution is -2.06. The summed E-state index contributed by atoms with van der Waals surface area (Å²) in [5.41, 5.74) is 2.71. The van der Waals surface area contributed by atoms with E-state index in [9.17, 15) is 9.59 Å². The first-order valence-corrected chi connectivity index (χ1v) is 11.8. The minimum absolute atomic E-state index is 0.0862. The van der Waals surface area contributed by atoms with E-state index in [0.29, 0.717) is 21.4 Å². The number of esters is 1. The Morgan fingerprint density at radius 3 is 2.59 bits per heavy atom. The summed E-state index contributed by atoms with van der Waals surface area (Å²) in [5, 5.41) is 0.684. The van der Waals surface area contributed by atoms with Crippen LogP contribution in [0.1, 0.15) is 39.4 Å². The summed E-state index contributed by atoms with van der Waals surface area (Å²) in [7, 11) is 0. The van der Waals surface area contributed by atoms with Gasteiger partial charge in [-0.05, 0) is 49.1 Å². The summed E-state index contributed by atoms with van der Waals surface area (Å²) >= 11 is 6.54. The van der Waals surface area contributed by atoms with Crippen molar-refractivity contribution in [3.8, 4) is 0 Å². The molecule has 0 N–H and O–H groups in total. The topological polar surface area (TPSA) is 47.8 Å². The molecule has 7 heteroatoms. The Balaban J connectivity index is 2.05. The third-order valence-corrected chi connectivity index (χ3v) is 7.38. The number of carbonyl (C=O) groups is 2. The quantitative estimate of drug-likeness (QED) is 0.178. The van der Waals surface area contributed by atoms with Crippen molar-refractivity contribution in [2.75, 3.05) is 12.4 Å². The van der Waals surface area contributed by atoms with Crippen LogP contribution in [-0.2, 0) is 4.74 Å². The van der Waals surface area contributed by atoms with Gasteiger partial charge in [-0.3, -0.25) is 4.79 Å². The Morgan fingerprint density at radius 2 is 1.90 bits per heavy atom. The third kappa shape index (κ3) is 3.52. The number of rotatable bonds is 6. The second-order valence-corrected chi connectivity index (χ2v) is 9.73. The number of thiophene rings is 1. The molecule has 0 radical (unpaired) electrons. The number of pyridine rings is 1.